The second-order valence-corrected chi connectivity index (χ2v) is 6.24. The zero-order valence-electron chi connectivity index (χ0n) is 10.2. The van der Waals surface area contributed by atoms with E-state index in [4.69, 9.17) is 4.74 Å². The summed E-state index contributed by atoms with van der Waals surface area (Å²) in [6, 6.07) is 3.85. The number of aryl methyl sites for hydroxylation is 2. The van der Waals surface area contributed by atoms with Crippen LogP contribution in [-0.2, 0) is 13.2 Å². The van der Waals surface area contributed by atoms with Crippen LogP contribution in [0.2, 0.25) is 0 Å². The van der Waals surface area contributed by atoms with Crippen LogP contribution in [0.25, 0.3) is 0 Å². The van der Waals surface area contributed by atoms with Crippen LogP contribution in [0.15, 0.2) is 22.8 Å². The Morgan fingerprint density at radius 3 is 2.78 bits per heavy atom. The third-order valence-corrected chi connectivity index (χ3v) is 3.86. The lowest BCUT2D eigenvalue weighted by Crippen LogP contribution is -1.99. The molecule has 2 rings (SSSR count). The molecule has 2 aromatic rings. The van der Waals surface area contributed by atoms with E-state index in [9.17, 15) is 5.11 Å². The number of aliphatic hydroxyl groups excluding tert-OH is 1. The summed E-state index contributed by atoms with van der Waals surface area (Å²) in [7, 11) is 0. The minimum atomic E-state index is -0.0304. The predicted octanol–water partition coefficient (Wildman–Crippen LogP) is 3.59. The normalized spacial score (nSPS) is 10.7. The average molecular weight is 328 g/mol. The summed E-state index contributed by atoms with van der Waals surface area (Å²) in [6.07, 6.45) is 1.83. The molecule has 18 heavy (non-hydrogen) atoms. The SMILES string of the molecule is Cc1ncc(COc2c(C)cc(Br)cc2CO)s1. The van der Waals surface area contributed by atoms with E-state index in [-0.39, 0.29) is 6.61 Å². The lowest BCUT2D eigenvalue weighted by atomic mass is 10.1. The minimum Gasteiger partial charge on any atom is -0.487 e. The molecule has 0 spiro atoms. The first kappa shape index (κ1) is 13.5. The zero-order chi connectivity index (χ0) is 13.1. The largest absolute Gasteiger partial charge is 0.487 e. The summed E-state index contributed by atoms with van der Waals surface area (Å²) >= 11 is 5.03. The van der Waals surface area contributed by atoms with Crippen LogP contribution in [0.1, 0.15) is 21.0 Å². The van der Waals surface area contributed by atoms with Crippen molar-refractivity contribution >= 4 is 27.3 Å². The number of aliphatic hydroxyl groups is 1. The third kappa shape index (κ3) is 3.10. The summed E-state index contributed by atoms with van der Waals surface area (Å²) in [4.78, 5) is 5.27. The van der Waals surface area contributed by atoms with Gasteiger partial charge in [-0.15, -0.1) is 11.3 Å². The predicted molar refractivity (Wildman–Crippen MR) is 76.0 cm³/mol. The molecule has 1 N–H and O–H groups in total. The van der Waals surface area contributed by atoms with Gasteiger partial charge in [-0.2, -0.15) is 0 Å². The van der Waals surface area contributed by atoms with Crippen molar-refractivity contribution in [3.8, 4) is 5.75 Å². The average Bonchev–Trinajstić information content (AvgIpc) is 2.73. The van der Waals surface area contributed by atoms with Gasteiger partial charge in [0.05, 0.1) is 16.5 Å². The Kier molecular flexibility index (Phi) is 4.37. The molecule has 0 aliphatic heterocycles. The lowest BCUT2D eigenvalue weighted by Gasteiger charge is -2.12. The molecule has 1 aromatic heterocycles. The molecule has 0 saturated carbocycles. The van der Waals surface area contributed by atoms with Crippen LogP contribution in [0.5, 0.6) is 5.75 Å². The maximum absolute atomic E-state index is 9.36. The number of ether oxygens (including phenoxy) is 1. The molecular weight excluding hydrogens is 314 g/mol. The Hall–Kier alpha value is -0.910. The van der Waals surface area contributed by atoms with E-state index < -0.39 is 0 Å². The van der Waals surface area contributed by atoms with Crippen molar-refractivity contribution in [3.05, 3.63) is 43.8 Å². The molecule has 5 heteroatoms. The van der Waals surface area contributed by atoms with Crippen LogP contribution in [0.3, 0.4) is 0 Å². The van der Waals surface area contributed by atoms with Crippen molar-refractivity contribution in [1.82, 2.24) is 4.98 Å². The molecule has 0 fully saturated rings. The lowest BCUT2D eigenvalue weighted by molar-refractivity contribution is 0.259. The van der Waals surface area contributed by atoms with Gasteiger partial charge in [-0.25, -0.2) is 4.98 Å². The number of thiazole rings is 1. The van der Waals surface area contributed by atoms with Gasteiger partial charge in [0, 0.05) is 16.2 Å². The number of nitrogens with zero attached hydrogens (tertiary/aromatic N) is 1. The fourth-order valence-electron chi connectivity index (χ4n) is 1.74. The smallest absolute Gasteiger partial charge is 0.128 e. The molecule has 0 bridgehead atoms. The summed E-state index contributed by atoms with van der Waals surface area (Å²) in [5.41, 5.74) is 1.80. The fraction of sp³-hybridized carbons (Fsp3) is 0.308. The summed E-state index contributed by atoms with van der Waals surface area (Å²) < 4.78 is 6.75. The molecule has 0 aliphatic carbocycles. The van der Waals surface area contributed by atoms with E-state index in [0.717, 1.165) is 31.2 Å². The van der Waals surface area contributed by atoms with Gasteiger partial charge in [0.25, 0.3) is 0 Å². The highest BCUT2D eigenvalue weighted by atomic mass is 79.9. The van der Waals surface area contributed by atoms with Gasteiger partial charge in [-0.05, 0) is 31.5 Å². The van der Waals surface area contributed by atoms with E-state index in [1.807, 2.05) is 32.2 Å². The third-order valence-electron chi connectivity index (χ3n) is 2.51. The van der Waals surface area contributed by atoms with E-state index in [1.165, 1.54) is 0 Å². The number of hydrogen-bond acceptors (Lipinski definition) is 4. The number of rotatable bonds is 4. The van der Waals surface area contributed by atoms with Crippen molar-refractivity contribution < 1.29 is 9.84 Å². The van der Waals surface area contributed by atoms with Crippen molar-refractivity contribution in [2.45, 2.75) is 27.1 Å². The molecule has 0 atom stereocenters. The van der Waals surface area contributed by atoms with Crippen molar-refractivity contribution in [1.29, 1.82) is 0 Å². The second-order valence-electron chi connectivity index (χ2n) is 4.00. The summed E-state index contributed by atoms with van der Waals surface area (Å²) in [5.74, 6) is 0.756. The first-order chi connectivity index (χ1) is 8.60. The topological polar surface area (TPSA) is 42.4 Å². The van der Waals surface area contributed by atoms with Gasteiger partial charge in [-0.1, -0.05) is 15.9 Å². The Morgan fingerprint density at radius 2 is 2.17 bits per heavy atom. The van der Waals surface area contributed by atoms with Gasteiger partial charge in [-0.3, -0.25) is 0 Å². The van der Waals surface area contributed by atoms with Crippen LogP contribution in [-0.4, -0.2) is 10.1 Å². The molecule has 0 unspecified atom stereocenters. The zero-order valence-corrected chi connectivity index (χ0v) is 12.6. The Labute approximate surface area is 119 Å². The van der Waals surface area contributed by atoms with Gasteiger partial charge < -0.3 is 9.84 Å². The first-order valence-corrected chi connectivity index (χ1v) is 7.15. The van der Waals surface area contributed by atoms with E-state index in [2.05, 4.69) is 20.9 Å². The van der Waals surface area contributed by atoms with Gasteiger partial charge in [0.15, 0.2) is 0 Å². The van der Waals surface area contributed by atoms with Crippen LogP contribution < -0.4 is 4.74 Å². The van der Waals surface area contributed by atoms with E-state index >= 15 is 0 Å². The Balaban J connectivity index is 2.18. The molecule has 96 valence electrons. The van der Waals surface area contributed by atoms with Gasteiger partial charge >= 0.3 is 0 Å². The molecule has 0 radical (unpaired) electrons. The molecule has 1 heterocycles. The maximum atomic E-state index is 9.36. The summed E-state index contributed by atoms with van der Waals surface area (Å²) in [5, 5.41) is 10.4. The van der Waals surface area contributed by atoms with E-state index in [0.29, 0.717) is 6.61 Å². The molecular formula is C13H14BrNO2S. The fourth-order valence-corrected chi connectivity index (χ4v) is 3.07. The van der Waals surface area contributed by atoms with Crippen LogP contribution in [0, 0.1) is 13.8 Å². The standard InChI is InChI=1S/C13H14BrNO2S/c1-8-3-11(14)4-10(6-16)13(8)17-7-12-5-15-9(2)18-12/h3-5,16H,6-7H2,1-2H3. The van der Waals surface area contributed by atoms with Crippen molar-refractivity contribution in [3.63, 3.8) is 0 Å². The van der Waals surface area contributed by atoms with E-state index in [1.54, 1.807) is 11.3 Å². The Morgan fingerprint density at radius 1 is 1.39 bits per heavy atom. The quantitative estimate of drug-likeness (QED) is 0.933. The number of benzene rings is 1. The molecule has 3 nitrogen and oxygen atoms in total. The first-order valence-electron chi connectivity index (χ1n) is 5.54. The second kappa shape index (κ2) is 5.82. The monoisotopic (exact) mass is 327 g/mol. The number of hydrogen-bond donors (Lipinski definition) is 1. The van der Waals surface area contributed by atoms with Crippen LogP contribution >= 0.6 is 27.3 Å². The number of aromatic nitrogens is 1. The molecule has 0 aliphatic rings. The minimum absolute atomic E-state index is 0.0304. The van der Waals surface area contributed by atoms with Gasteiger partial charge in [0.2, 0.25) is 0 Å². The molecule has 0 saturated heterocycles. The summed E-state index contributed by atoms with van der Waals surface area (Å²) in [6.45, 7) is 4.40. The highest BCUT2D eigenvalue weighted by Gasteiger charge is 2.09. The van der Waals surface area contributed by atoms with Crippen molar-refractivity contribution in [2.24, 2.45) is 0 Å². The van der Waals surface area contributed by atoms with Gasteiger partial charge in [0.1, 0.15) is 12.4 Å². The highest BCUT2D eigenvalue weighted by Crippen LogP contribution is 2.29. The molecule has 0 amide bonds. The highest BCUT2D eigenvalue weighted by molar-refractivity contribution is 9.10. The van der Waals surface area contributed by atoms with Crippen LogP contribution in [0.4, 0.5) is 0 Å². The Bertz CT molecular complexity index is 554. The maximum Gasteiger partial charge on any atom is 0.128 e. The number of halogens is 1. The molecule has 1 aromatic carbocycles. The van der Waals surface area contributed by atoms with Crippen molar-refractivity contribution in [2.75, 3.05) is 0 Å².